The van der Waals surface area contributed by atoms with Crippen molar-refractivity contribution in [2.24, 2.45) is 0 Å². The molecule has 1 saturated heterocycles. The van der Waals surface area contributed by atoms with Crippen LogP contribution in [0.4, 0.5) is 4.79 Å². The molecule has 0 radical (unpaired) electrons. The minimum absolute atomic E-state index is 0.174. The number of esters is 1. The number of carbonyl (C=O) groups excluding carboxylic acids is 3. The summed E-state index contributed by atoms with van der Waals surface area (Å²) >= 11 is 1.64. The molecule has 1 fully saturated rings. The number of benzene rings is 1. The molecule has 6 nitrogen and oxygen atoms in total. The van der Waals surface area contributed by atoms with E-state index in [1.54, 1.807) is 35.6 Å². The molecule has 26 heavy (non-hydrogen) atoms. The molecular formula is C19H18N2O4S. The van der Waals surface area contributed by atoms with Gasteiger partial charge in [0, 0.05) is 10.4 Å². The van der Waals surface area contributed by atoms with Gasteiger partial charge in [0.05, 0.1) is 19.2 Å². The van der Waals surface area contributed by atoms with Crippen molar-refractivity contribution >= 4 is 29.2 Å². The number of nitrogens with one attached hydrogen (secondary N) is 1. The molecule has 1 atom stereocenters. The molecule has 2 heterocycles. The van der Waals surface area contributed by atoms with Crippen LogP contribution in [0.3, 0.4) is 0 Å². The summed E-state index contributed by atoms with van der Waals surface area (Å²) < 4.78 is 4.68. The van der Waals surface area contributed by atoms with E-state index in [0.29, 0.717) is 12.0 Å². The van der Waals surface area contributed by atoms with Gasteiger partial charge in [0.25, 0.3) is 5.91 Å². The van der Waals surface area contributed by atoms with E-state index in [-0.39, 0.29) is 18.5 Å². The molecule has 1 aromatic heterocycles. The number of hydrogen-bond donors (Lipinski definition) is 1. The highest BCUT2D eigenvalue weighted by Gasteiger charge is 2.54. The minimum atomic E-state index is -0.920. The first kappa shape index (κ1) is 16.8. The number of rotatable bonds is 3. The highest BCUT2D eigenvalue weighted by Crippen LogP contribution is 2.42. The Morgan fingerprint density at radius 2 is 2.04 bits per heavy atom. The number of carbonyl (C=O) groups is 3. The maximum atomic E-state index is 13.2. The molecular weight excluding hydrogens is 352 g/mol. The number of urea groups is 1. The summed E-state index contributed by atoms with van der Waals surface area (Å²) in [6.07, 6.45) is 2.45. The smallest absolute Gasteiger partial charge is 0.337 e. The van der Waals surface area contributed by atoms with Gasteiger partial charge in [0.1, 0.15) is 5.54 Å². The molecule has 1 aliphatic carbocycles. The van der Waals surface area contributed by atoms with Gasteiger partial charge >= 0.3 is 12.0 Å². The van der Waals surface area contributed by atoms with Crippen LogP contribution in [0.2, 0.25) is 0 Å². The van der Waals surface area contributed by atoms with Gasteiger partial charge in [-0.1, -0.05) is 12.1 Å². The predicted molar refractivity (Wildman–Crippen MR) is 95.8 cm³/mol. The van der Waals surface area contributed by atoms with Gasteiger partial charge in [-0.2, -0.15) is 0 Å². The lowest BCUT2D eigenvalue weighted by Gasteiger charge is -2.31. The van der Waals surface area contributed by atoms with Crippen molar-refractivity contribution in [1.29, 1.82) is 0 Å². The highest BCUT2D eigenvalue weighted by atomic mass is 32.1. The van der Waals surface area contributed by atoms with Crippen LogP contribution in [0.5, 0.6) is 0 Å². The van der Waals surface area contributed by atoms with Crippen molar-refractivity contribution < 1.29 is 19.1 Å². The topological polar surface area (TPSA) is 75.7 Å². The number of ether oxygens (including phenoxy) is 1. The lowest BCUT2D eigenvalue weighted by Crippen LogP contribution is -2.46. The molecule has 2 aliphatic rings. The molecule has 3 amide bonds. The van der Waals surface area contributed by atoms with Crippen LogP contribution in [-0.2, 0) is 28.0 Å². The molecule has 134 valence electrons. The molecule has 7 heteroatoms. The molecule has 0 bridgehead atoms. The Bertz CT molecular complexity index is 889. The van der Waals surface area contributed by atoms with E-state index in [9.17, 15) is 14.4 Å². The lowest BCUT2D eigenvalue weighted by atomic mass is 9.80. The van der Waals surface area contributed by atoms with Crippen molar-refractivity contribution in [3.8, 4) is 0 Å². The fraction of sp³-hybridized carbons (Fsp3) is 0.316. The molecule has 1 aromatic carbocycles. The fourth-order valence-corrected chi connectivity index (χ4v) is 4.73. The maximum absolute atomic E-state index is 13.2. The Morgan fingerprint density at radius 1 is 1.27 bits per heavy atom. The Labute approximate surface area is 154 Å². The quantitative estimate of drug-likeness (QED) is 0.666. The summed E-state index contributed by atoms with van der Waals surface area (Å²) in [6.45, 7) is 0.174. The van der Waals surface area contributed by atoms with E-state index in [1.165, 1.54) is 16.9 Å². The second-order valence-electron chi connectivity index (χ2n) is 6.53. The lowest BCUT2D eigenvalue weighted by molar-refractivity contribution is -0.132. The first-order valence-corrected chi connectivity index (χ1v) is 9.31. The normalized spacial score (nSPS) is 21.7. The van der Waals surface area contributed by atoms with Crippen LogP contribution in [0.15, 0.2) is 35.7 Å². The average molecular weight is 370 g/mol. The van der Waals surface area contributed by atoms with Crippen molar-refractivity contribution in [2.45, 2.75) is 31.3 Å². The van der Waals surface area contributed by atoms with Crippen molar-refractivity contribution in [2.75, 3.05) is 7.11 Å². The third kappa shape index (κ3) is 2.50. The Hall–Kier alpha value is -2.67. The standard InChI is InChI=1S/C19H18N2O4S/c1-25-16(22)13-6-4-12(5-7-13)11-21-17(23)19(20-18(21)24)9-2-3-15-14(19)8-10-26-15/h4-8,10H,2-3,9,11H2,1H3,(H,20,24)/t19-/m0/s1. The van der Waals surface area contributed by atoms with E-state index < -0.39 is 11.5 Å². The number of hydrogen-bond acceptors (Lipinski definition) is 5. The van der Waals surface area contributed by atoms with Gasteiger partial charge < -0.3 is 10.1 Å². The van der Waals surface area contributed by atoms with Gasteiger partial charge in [0.15, 0.2) is 0 Å². The SMILES string of the molecule is COC(=O)c1ccc(CN2C(=O)N[C@]3(CCCc4sccc43)C2=O)cc1. The molecule has 1 spiro atoms. The number of imide groups is 1. The van der Waals surface area contributed by atoms with Crippen LogP contribution >= 0.6 is 11.3 Å². The number of thiophene rings is 1. The van der Waals surface area contributed by atoms with Gasteiger partial charge in [-0.3, -0.25) is 9.69 Å². The maximum Gasteiger partial charge on any atom is 0.337 e. The predicted octanol–water partition coefficient (Wildman–Crippen LogP) is 2.82. The Kier molecular flexibility index (Phi) is 4.03. The number of amides is 3. The summed E-state index contributed by atoms with van der Waals surface area (Å²) in [5.41, 5.74) is 1.23. The van der Waals surface area contributed by atoms with Gasteiger partial charge in [-0.05, 0) is 48.4 Å². The van der Waals surface area contributed by atoms with Crippen LogP contribution < -0.4 is 5.32 Å². The van der Waals surface area contributed by atoms with Crippen LogP contribution in [0, 0.1) is 0 Å². The summed E-state index contributed by atoms with van der Waals surface area (Å²) in [6, 6.07) is 8.31. The summed E-state index contributed by atoms with van der Waals surface area (Å²) in [4.78, 5) is 39.6. The Balaban J connectivity index is 1.59. The molecule has 2 aromatic rings. The zero-order chi connectivity index (χ0) is 18.3. The third-order valence-corrected chi connectivity index (χ3v) is 6.03. The molecule has 0 unspecified atom stereocenters. The zero-order valence-electron chi connectivity index (χ0n) is 14.3. The summed E-state index contributed by atoms with van der Waals surface area (Å²) in [5.74, 6) is -0.614. The number of nitrogens with zero attached hydrogens (tertiary/aromatic N) is 1. The van der Waals surface area contributed by atoms with Crippen molar-refractivity contribution in [3.05, 3.63) is 57.3 Å². The zero-order valence-corrected chi connectivity index (χ0v) is 15.1. The van der Waals surface area contributed by atoms with E-state index >= 15 is 0 Å². The van der Waals surface area contributed by atoms with Crippen LogP contribution in [-0.4, -0.2) is 29.9 Å². The number of aryl methyl sites for hydroxylation is 1. The van der Waals surface area contributed by atoms with Gasteiger partial charge in [-0.15, -0.1) is 11.3 Å². The number of methoxy groups -OCH3 is 1. The minimum Gasteiger partial charge on any atom is -0.465 e. The summed E-state index contributed by atoms with van der Waals surface area (Å²) in [5, 5.41) is 4.92. The molecule has 1 N–H and O–H groups in total. The van der Waals surface area contributed by atoms with Gasteiger partial charge in [0.2, 0.25) is 0 Å². The van der Waals surface area contributed by atoms with E-state index in [0.717, 1.165) is 24.0 Å². The highest BCUT2D eigenvalue weighted by molar-refractivity contribution is 7.10. The Morgan fingerprint density at radius 3 is 2.77 bits per heavy atom. The first-order chi connectivity index (χ1) is 12.5. The largest absolute Gasteiger partial charge is 0.465 e. The number of fused-ring (bicyclic) bond motifs is 2. The van der Waals surface area contributed by atoms with Crippen molar-refractivity contribution in [3.63, 3.8) is 0 Å². The van der Waals surface area contributed by atoms with E-state index in [4.69, 9.17) is 0 Å². The molecule has 0 saturated carbocycles. The van der Waals surface area contributed by atoms with Crippen molar-refractivity contribution in [1.82, 2.24) is 10.2 Å². The second kappa shape index (κ2) is 6.25. The average Bonchev–Trinajstić information content (AvgIpc) is 3.22. The fourth-order valence-electron chi connectivity index (χ4n) is 3.73. The second-order valence-corrected chi connectivity index (χ2v) is 7.53. The monoisotopic (exact) mass is 370 g/mol. The van der Waals surface area contributed by atoms with Crippen LogP contribution in [0.1, 0.15) is 39.2 Å². The first-order valence-electron chi connectivity index (χ1n) is 8.43. The third-order valence-electron chi connectivity index (χ3n) is 5.05. The summed E-state index contributed by atoms with van der Waals surface area (Å²) in [7, 11) is 1.33. The van der Waals surface area contributed by atoms with Gasteiger partial charge in [-0.25, -0.2) is 9.59 Å². The molecule has 4 rings (SSSR count). The van der Waals surface area contributed by atoms with Crippen LogP contribution in [0.25, 0.3) is 0 Å². The van der Waals surface area contributed by atoms with E-state index in [1.807, 2.05) is 11.4 Å². The molecule has 1 aliphatic heterocycles. The van der Waals surface area contributed by atoms with E-state index in [2.05, 4.69) is 10.1 Å².